The Labute approximate surface area is 134 Å². The van der Waals surface area contributed by atoms with Crippen LogP contribution in [0.5, 0.6) is 0 Å². The van der Waals surface area contributed by atoms with Gasteiger partial charge >= 0.3 is 0 Å². The number of rotatable bonds is 2. The van der Waals surface area contributed by atoms with Gasteiger partial charge in [0, 0.05) is 10.2 Å². The lowest BCUT2D eigenvalue weighted by Crippen LogP contribution is -2.14. The molecule has 0 saturated heterocycles. The number of nitrogens with two attached hydrogens (primary N) is 1. The van der Waals surface area contributed by atoms with Crippen molar-refractivity contribution in [2.75, 3.05) is 11.1 Å². The Morgan fingerprint density at radius 2 is 2.00 bits per heavy atom. The van der Waals surface area contributed by atoms with Crippen molar-refractivity contribution in [3.8, 4) is 0 Å². The number of carbonyl (C=O) groups excluding carboxylic acids is 1. The van der Waals surface area contributed by atoms with E-state index in [1.54, 1.807) is 18.2 Å². The van der Waals surface area contributed by atoms with Crippen molar-refractivity contribution in [3.63, 3.8) is 0 Å². The number of anilines is 2. The molecule has 98 valence electrons. The molecule has 0 atom stereocenters. The monoisotopic (exact) mass is 448 g/mol. The molecule has 1 aromatic heterocycles. The van der Waals surface area contributed by atoms with Crippen molar-refractivity contribution in [1.29, 1.82) is 0 Å². The first-order valence-corrected chi connectivity index (χ1v) is 7.39. The first-order valence-electron chi connectivity index (χ1n) is 5.02. The van der Waals surface area contributed by atoms with E-state index in [2.05, 4.69) is 63.1 Å². The van der Waals surface area contributed by atoms with Gasteiger partial charge in [-0.2, -0.15) is 0 Å². The number of nitrogen functional groups attached to an aromatic ring is 1. The molecular weight excluding hydrogens is 444 g/mol. The molecule has 8 heteroatoms. The molecule has 0 saturated carbocycles. The van der Waals surface area contributed by atoms with Crippen LogP contribution in [0.2, 0.25) is 0 Å². The normalized spacial score (nSPS) is 10.3. The standard InChI is InChI=1S/C11H7Br3N4O/c12-7-2-1-5(15)3-6(7)11(19)18-10-9(14)17-8(13)4-16-10/h1-4H,15H2,(H,16,18,19). The van der Waals surface area contributed by atoms with Crippen LogP contribution in [0.1, 0.15) is 10.4 Å². The lowest BCUT2D eigenvalue weighted by molar-refractivity contribution is 0.102. The van der Waals surface area contributed by atoms with Crippen LogP contribution in [0.15, 0.2) is 38.1 Å². The van der Waals surface area contributed by atoms with Crippen molar-refractivity contribution in [1.82, 2.24) is 9.97 Å². The highest BCUT2D eigenvalue weighted by molar-refractivity contribution is 9.11. The Kier molecular flexibility index (Phi) is 4.54. The third-order valence-corrected chi connectivity index (χ3v) is 3.79. The largest absolute Gasteiger partial charge is 0.399 e. The fourth-order valence-electron chi connectivity index (χ4n) is 1.32. The van der Waals surface area contributed by atoms with E-state index >= 15 is 0 Å². The molecule has 0 aliphatic rings. The molecule has 1 heterocycles. The average molecular weight is 451 g/mol. The van der Waals surface area contributed by atoms with Gasteiger partial charge < -0.3 is 11.1 Å². The minimum Gasteiger partial charge on any atom is -0.399 e. The second-order valence-electron chi connectivity index (χ2n) is 3.53. The van der Waals surface area contributed by atoms with Gasteiger partial charge in [-0.25, -0.2) is 9.97 Å². The van der Waals surface area contributed by atoms with Gasteiger partial charge in [0.05, 0.1) is 11.8 Å². The minimum absolute atomic E-state index is 0.323. The van der Waals surface area contributed by atoms with Crippen LogP contribution in [0, 0.1) is 0 Å². The summed E-state index contributed by atoms with van der Waals surface area (Å²) < 4.78 is 1.66. The molecule has 1 aromatic carbocycles. The first kappa shape index (κ1) is 14.4. The summed E-state index contributed by atoms with van der Waals surface area (Å²) in [5, 5.41) is 2.66. The maximum atomic E-state index is 12.1. The van der Waals surface area contributed by atoms with Crippen molar-refractivity contribution >= 4 is 65.2 Å². The van der Waals surface area contributed by atoms with Crippen LogP contribution in [-0.2, 0) is 0 Å². The maximum Gasteiger partial charge on any atom is 0.258 e. The van der Waals surface area contributed by atoms with Gasteiger partial charge in [-0.15, -0.1) is 0 Å². The lowest BCUT2D eigenvalue weighted by atomic mass is 10.2. The minimum atomic E-state index is -0.323. The van der Waals surface area contributed by atoms with E-state index in [4.69, 9.17) is 5.73 Å². The summed E-state index contributed by atoms with van der Waals surface area (Å²) >= 11 is 9.72. The molecule has 0 aliphatic carbocycles. The number of carbonyl (C=O) groups is 1. The molecule has 0 spiro atoms. The van der Waals surface area contributed by atoms with Gasteiger partial charge in [-0.05, 0) is 66.0 Å². The summed E-state index contributed by atoms with van der Waals surface area (Å²) in [6.45, 7) is 0. The number of aromatic nitrogens is 2. The molecule has 19 heavy (non-hydrogen) atoms. The summed E-state index contributed by atoms with van der Waals surface area (Å²) in [6, 6.07) is 5.00. The first-order chi connectivity index (χ1) is 8.97. The molecule has 5 nitrogen and oxygen atoms in total. The Balaban J connectivity index is 2.28. The van der Waals surface area contributed by atoms with Gasteiger partial charge in [0.25, 0.3) is 5.91 Å². The molecule has 0 bridgehead atoms. The topological polar surface area (TPSA) is 80.9 Å². The fraction of sp³-hybridized carbons (Fsp3) is 0. The Hall–Kier alpha value is -0.990. The number of amides is 1. The average Bonchev–Trinajstić information content (AvgIpc) is 2.35. The van der Waals surface area contributed by atoms with E-state index in [0.29, 0.717) is 30.7 Å². The van der Waals surface area contributed by atoms with Gasteiger partial charge in [0.15, 0.2) is 5.82 Å². The SMILES string of the molecule is Nc1ccc(Br)c(C(=O)Nc2ncc(Br)nc2Br)c1. The Morgan fingerprint density at radius 3 is 2.68 bits per heavy atom. The molecule has 0 unspecified atom stereocenters. The van der Waals surface area contributed by atoms with E-state index in [9.17, 15) is 4.79 Å². The molecular formula is C11H7Br3N4O. The fourth-order valence-corrected chi connectivity index (χ4v) is 2.66. The predicted molar refractivity (Wildman–Crippen MR) is 83.9 cm³/mol. The van der Waals surface area contributed by atoms with Gasteiger partial charge in [-0.1, -0.05) is 0 Å². The summed E-state index contributed by atoms with van der Waals surface area (Å²) in [7, 11) is 0. The van der Waals surface area contributed by atoms with E-state index in [-0.39, 0.29) is 5.91 Å². The van der Waals surface area contributed by atoms with Crippen molar-refractivity contribution in [2.24, 2.45) is 0 Å². The van der Waals surface area contributed by atoms with Crippen molar-refractivity contribution < 1.29 is 4.79 Å². The Bertz CT molecular complexity index is 648. The number of nitrogens with one attached hydrogen (secondary N) is 1. The van der Waals surface area contributed by atoms with Crippen LogP contribution >= 0.6 is 47.8 Å². The van der Waals surface area contributed by atoms with E-state index in [1.807, 2.05) is 0 Å². The van der Waals surface area contributed by atoms with E-state index in [1.165, 1.54) is 6.20 Å². The van der Waals surface area contributed by atoms with Crippen LogP contribution in [0.25, 0.3) is 0 Å². The number of halogens is 3. The zero-order chi connectivity index (χ0) is 14.0. The zero-order valence-electron chi connectivity index (χ0n) is 9.32. The number of nitrogens with zero attached hydrogens (tertiary/aromatic N) is 2. The lowest BCUT2D eigenvalue weighted by Gasteiger charge is -2.08. The van der Waals surface area contributed by atoms with Crippen molar-refractivity contribution in [2.45, 2.75) is 0 Å². The number of benzene rings is 1. The molecule has 1 amide bonds. The molecule has 0 radical (unpaired) electrons. The molecule has 0 aliphatic heterocycles. The summed E-state index contributed by atoms with van der Waals surface area (Å²) in [4.78, 5) is 20.3. The molecule has 2 aromatic rings. The van der Waals surface area contributed by atoms with Crippen LogP contribution < -0.4 is 11.1 Å². The highest BCUT2D eigenvalue weighted by Crippen LogP contribution is 2.23. The van der Waals surface area contributed by atoms with E-state index < -0.39 is 0 Å². The van der Waals surface area contributed by atoms with Crippen molar-refractivity contribution in [3.05, 3.63) is 43.6 Å². The zero-order valence-corrected chi connectivity index (χ0v) is 14.1. The van der Waals surface area contributed by atoms with E-state index in [0.717, 1.165) is 0 Å². The van der Waals surface area contributed by atoms with Crippen LogP contribution in [0.3, 0.4) is 0 Å². The van der Waals surface area contributed by atoms with Gasteiger partial charge in [-0.3, -0.25) is 4.79 Å². The van der Waals surface area contributed by atoms with Gasteiger partial charge in [0.2, 0.25) is 0 Å². The highest BCUT2D eigenvalue weighted by Gasteiger charge is 2.13. The molecule has 3 N–H and O–H groups in total. The molecule has 0 fully saturated rings. The highest BCUT2D eigenvalue weighted by atomic mass is 79.9. The Morgan fingerprint density at radius 1 is 1.26 bits per heavy atom. The number of hydrogen-bond acceptors (Lipinski definition) is 4. The van der Waals surface area contributed by atoms with Crippen LogP contribution in [-0.4, -0.2) is 15.9 Å². The summed E-state index contributed by atoms with van der Waals surface area (Å²) in [5.74, 6) is 0.0130. The predicted octanol–water partition coefficient (Wildman–Crippen LogP) is 3.60. The maximum absolute atomic E-state index is 12.1. The van der Waals surface area contributed by atoms with Gasteiger partial charge in [0.1, 0.15) is 9.21 Å². The number of hydrogen-bond donors (Lipinski definition) is 2. The quantitative estimate of drug-likeness (QED) is 0.685. The summed E-state index contributed by atoms with van der Waals surface area (Å²) in [6.07, 6.45) is 1.49. The summed E-state index contributed by atoms with van der Waals surface area (Å²) in [5.41, 5.74) is 6.60. The third-order valence-electron chi connectivity index (χ3n) is 2.17. The van der Waals surface area contributed by atoms with Crippen LogP contribution in [0.4, 0.5) is 11.5 Å². The molecule has 2 rings (SSSR count). The second-order valence-corrected chi connectivity index (χ2v) is 5.94. The second kappa shape index (κ2) is 5.98. The smallest absolute Gasteiger partial charge is 0.258 e. The third kappa shape index (κ3) is 3.52.